The summed E-state index contributed by atoms with van der Waals surface area (Å²) in [6.45, 7) is 2.72. The van der Waals surface area contributed by atoms with Crippen LogP contribution in [0.15, 0.2) is 24.3 Å². The van der Waals surface area contributed by atoms with E-state index in [9.17, 15) is 14.7 Å². The molecule has 0 bridgehead atoms. The van der Waals surface area contributed by atoms with Gasteiger partial charge in [0.05, 0.1) is 11.4 Å². The molecule has 0 radical (unpaired) electrons. The lowest BCUT2D eigenvalue weighted by molar-refractivity contribution is -0.143. The number of aliphatic hydroxyl groups is 1. The Kier molecular flexibility index (Phi) is 3.78. The molecule has 1 aromatic carbocycles. The predicted octanol–water partition coefficient (Wildman–Crippen LogP) is 1.18. The van der Waals surface area contributed by atoms with Gasteiger partial charge in [0.15, 0.2) is 0 Å². The van der Waals surface area contributed by atoms with Gasteiger partial charge in [0.2, 0.25) is 5.91 Å². The molecule has 1 spiro atoms. The monoisotopic (exact) mass is 303 g/mol. The number of carbonyl (C=O) groups is 2. The summed E-state index contributed by atoms with van der Waals surface area (Å²) >= 11 is 0. The molecule has 0 aliphatic carbocycles. The van der Waals surface area contributed by atoms with Gasteiger partial charge in [0, 0.05) is 13.1 Å². The zero-order chi connectivity index (χ0) is 15.7. The van der Waals surface area contributed by atoms with Crippen LogP contribution >= 0.6 is 0 Å². The van der Waals surface area contributed by atoms with E-state index in [2.05, 4.69) is 10.6 Å². The fraction of sp³-hybridized carbons (Fsp3) is 0.500. The van der Waals surface area contributed by atoms with Crippen molar-refractivity contribution in [2.24, 2.45) is 0 Å². The smallest absolute Gasteiger partial charge is 0.251 e. The number of piperidine rings is 1. The molecular formula is C16H21N3O3. The number of aliphatic hydroxyl groups excluding tert-OH is 1. The summed E-state index contributed by atoms with van der Waals surface area (Å²) in [7, 11) is 0. The minimum absolute atomic E-state index is 0.0469. The summed E-state index contributed by atoms with van der Waals surface area (Å²) in [5.41, 5.74) is 1.04. The van der Waals surface area contributed by atoms with E-state index in [0.717, 1.165) is 11.4 Å². The average Bonchev–Trinajstić information content (AvgIpc) is 2.55. The highest BCUT2D eigenvalue weighted by molar-refractivity contribution is 6.06. The van der Waals surface area contributed by atoms with E-state index in [1.165, 1.54) is 0 Å². The summed E-state index contributed by atoms with van der Waals surface area (Å²) in [6, 6.07) is 7.61. The maximum Gasteiger partial charge on any atom is 0.251 e. The van der Waals surface area contributed by atoms with E-state index in [1.54, 1.807) is 11.8 Å². The van der Waals surface area contributed by atoms with Crippen LogP contribution in [-0.2, 0) is 9.59 Å². The molecule has 1 aromatic rings. The first-order chi connectivity index (χ1) is 10.6. The molecule has 22 heavy (non-hydrogen) atoms. The van der Waals surface area contributed by atoms with Crippen LogP contribution in [0.3, 0.4) is 0 Å². The van der Waals surface area contributed by atoms with Crippen molar-refractivity contribution in [3.05, 3.63) is 24.3 Å². The molecule has 2 amide bonds. The Balaban J connectivity index is 1.73. The first-order valence-electron chi connectivity index (χ1n) is 7.71. The third-order valence-electron chi connectivity index (χ3n) is 4.58. The molecule has 0 aromatic heterocycles. The number of hydrogen-bond donors (Lipinski definition) is 3. The Morgan fingerprint density at radius 1 is 1.32 bits per heavy atom. The van der Waals surface area contributed by atoms with Crippen molar-refractivity contribution in [2.45, 2.75) is 37.8 Å². The van der Waals surface area contributed by atoms with Crippen molar-refractivity contribution in [1.29, 1.82) is 0 Å². The molecule has 6 nitrogen and oxygen atoms in total. The number of anilines is 2. The van der Waals surface area contributed by atoms with Gasteiger partial charge in [-0.25, -0.2) is 0 Å². The summed E-state index contributed by atoms with van der Waals surface area (Å²) in [6.07, 6.45) is 0.542. The fourth-order valence-corrected chi connectivity index (χ4v) is 3.10. The van der Waals surface area contributed by atoms with Crippen LogP contribution in [0.1, 0.15) is 26.2 Å². The highest BCUT2D eigenvalue weighted by atomic mass is 16.3. The molecule has 0 unspecified atom stereocenters. The predicted molar refractivity (Wildman–Crippen MR) is 83.5 cm³/mol. The van der Waals surface area contributed by atoms with Gasteiger partial charge in [-0.1, -0.05) is 19.1 Å². The Morgan fingerprint density at radius 2 is 1.95 bits per heavy atom. The van der Waals surface area contributed by atoms with Crippen molar-refractivity contribution in [2.75, 3.05) is 23.7 Å². The van der Waals surface area contributed by atoms with Crippen LogP contribution < -0.4 is 10.6 Å². The average molecular weight is 303 g/mol. The number of nitrogens with zero attached hydrogens (tertiary/aromatic N) is 1. The van der Waals surface area contributed by atoms with Crippen molar-refractivity contribution in [3.8, 4) is 0 Å². The van der Waals surface area contributed by atoms with Gasteiger partial charge in [0.1, 0.15) is 11.6 Å². The van der Waals surface area contributed by atoms with Crippen molar-refractivity contribution >= 4 is 23.2 Å². The Labute approximate surface area is 129 Å². The number of para-hydroxylation sites is 2. The van der Waals surface area contributed by atoms with E-state index in [-0.39, 0.29) is 11.8 Å². The largest absolute Gasteiger partial charge is 0.383 e. The number of carbonyl (C=O) groups excluding carboxylic acids is 2. The van der Waals surface area contributed by atoms with Crippen LogP contribution in [0.25, 0.3) is 0 Å². The van der Waals surface area contributed by atoms with E-state index in [1.807, 2.05) is 24.3 Å². The molecule has 2 aliphatic heterocycles. The topological polar surface area (TPSA) is 81.7 Å². The van der Waals surface area contributed by atoms with Gasteiger partial charge in [-0.3, -0.25) is 9.59 Å². The fourth-order valence-electron chi connectivity index (χ4n) is 3.10. The molecule has 2 heterocycles. The van der Waals surface area contributed by atoms with E-state index < -0.39 is 11.6 Å². The molecule has 3 N–H and O–H groups in total. The first-order valence-corrected chi connectivity index (χ1v) is 7.71. The number of hydrogen-bond acceptors (Lipinski definition) is 4. The minimum Gasteiger partial charge on any atom is -0.383 e. The van der Waals surface area contributed by atoms with Gasteiger partial charge in [-0.15, -0.1) is 0 Å². The lowest BCUT2D eigenvalue weighted by Gasteiger charge is -2.44. The molecule has 1 saturated heterocycles. The maximum atomic E-state index is 12.5. The Morgan fingerprint density at radius 3 is 2.59 bits per heavy atom. The van der Waals surface area contributed by atoms with Gasteiger partial charge < -0.3 is 20.6 Å². The van der Waals surface area contributed by atoms with E-state index >= 15 is 0 Å². The van der Waals surface area contributed by atoms with Crippen molar-refractivity contribution < 1.29 is 14.7 Å². The highest BCUT2D eigenvalue weighted by Gasteiger charge is 2.45. The lowest BCUT2D eigenvalue weighted by atomic mass is 9.84. The second-order valence-electron chi connectivity index (χ2n) is 5.96. The second-order valence-corrected chi connectivity index (χ2v) is 5.96. The minimum atomic E-state index is -0.942. The summed E-state index contributed by atoms with van der Waals surface area (Å²) in [4.78, 5) is 26.2. The summed E-state index contributed by atoms with van der Waals surface area (Å²) < 4.78 is 0. The van der Waals surface area contributed by atoms with Gasteiger partial charge in [0.25, 0.3) is 5.91 Å². The molecule has 3 rings (SSSR count). The summed E-state index contributed by atoms with van der Waals surface area (Å²) in [5.74, 6) is -0.289. The first kappa shape index (κ1) is 14.8. The second kappa shape index (κ2) is 5.61. The molecule has 1 atom stereocenters. The van der Waals surface area contributed by atoms with Gasteiger partial charge >= 0.3 is 0 Å². The quantitative estimate of drug-likeness (QED) is 0.766. The van der Waals surface area contributed by atoms with Gasteiger partial charge in [-0.2, -0.15) is 0 Å². The van der Waals surface area contributed by atoms with Crippen molar-refractivity contribution in [3.63, 3.8) is 0 Å². The molecule has 118 valence electrons. The SMILES string of the molecule is CC[C@@H](O)C(=O)N1CCC2(CC1)Nc1ccccc1NC2=O. The third kappa shape index (κ3) is 2.43. The number of likely N-dealkylation sites (tertiary alicyclic amines) is 1. The number of amides is 2. The van der Waals surface area contributed by atoms with E-state index in [4.69, 9.17) is 0 Å². The standard InChI is InChI=1S/C16H21N3O3/c1-2-13(20)14(21)19-9-7-16(8-10-19)15(22)17-11-5-3-4-6-12(11)18-16/h3-6,13,18,20H,2,7-10H2,1H3,(H,17,22)/t13-/m1/s1. The molecule has 2 aliphatic rings. The lowest BCUT2D eigenvalue weighted by Crippen LogP contribution is -2.59. The van der Waals surface area contributed by atoms with Crippen LogP contribution in [0.5, 0.6) is 0 Å². The molecular weight excluding hydrogens is 282 g/mol. The van der Waals surface area contributed by atoms with Crippen LogP contribution in [0, 0.1) is 0 Å². The van der Waals surface area contributed by atoms with Crippen LogP contribution in [0.4, 0.5) is 11.4 Å². The van der Waals surface area contributed by atoms with Crippen molar-refractivity contribution in [1.82, 2.24) is 4.90 Å². The zero-order valence-electron chi connectivity index (χ0n) is 12.6. The number of benzene rings is 1. The Bertz CT molecular complexity index is 594. The normalized spacial score (nSPS) is 20.8. The molecule has 0 saturated carbocycles. The molecule has 6 heteroatoms. The number of nitrogens with one attached hydrogen (secondary N) is 2. The highest BCUT2D eigenvalue weighted by Crippen LogP contribution is 2.36. The summed E-state index contributed by atoms with van der Waals surface area (Å²) in [5, 5.41) is 16.0. The number of fused-ring (bicyclic) bond motifs is 1. The molecule has 1 fully saturated rings. The Hall–Kier alpha value is -2.08. The third-order valence-corrected chi connectivity index (χ3v) is 4.58. The van der Waals surface area contributed by atoms with E-state index in [0.29, 0.717) is 32.4 Å². The number of rotatable bonds is 2. The van der Waals surface area contributed by atoms with Crippen LogP contribution in [0.2, 0.25) is 0 Å². The van der Waals surface area contributed by atoms with Crippen LogP contribution in [-0.4, -0.2) is 46.6 Å². The maximum absolute atomic E-state index is 12.5. The zero-order valence-corrected chi connectivity index (χ0v) is 12.6. The van der Waals surface area contributed by atoms with Gasteiger partial charge in [-0.05, 0) is 31.4 Å².